The van der Waals surface area contributed by atoms with Gasteiger partial charge in [0.1, 0.15) is 11.5 Å². The molecule has 2 aliphatic rings. The lowest BCUT2D eigenvalue weighted by Gasteiger charge is -2.28. The number of imide groups is 1. The smallest absolute Gasteiger partial charge is 0.238 e. The monoisotopic (exact) mass is 439 g/mol. The number of hydrogen-bond acceptors (Lipinski definition) is 4. The van der Waals surface area contributed by atoms with Gasteiger partial charge in [0.25, 0.3) is 0 Å². The van der Waals surface area contributed by atoms with E-state index in [1.165, 1.54) is 4.90 Å². The largest absolute Gasteiger partial charge is 0.497 e. The Kier molecular flexibility index (Phi) is 5.47. The van der Waals surface area contributed by atoms with Gasteiger partial charge in [0, 0.05) is 0 Å². The minimum atomic E-state index is -0.364. The number of anilines is 1. The first-order valence-electron chi connectivity index (χ1n) is 11.0. The first kappa shape index (κ1) is 21.0. The molecule has 1 saturated heterocycles. The van der Waals surface area contributed by atoms with Crippen molar-refractivity contribution in [2.75, 3.05) is 19.1 Å². The molecule has 0 aromatic heterocycles. The van der Waals surface area contributed by atoms with Crippen LogP contribution in [0.3, 0.4) is 0 Å². The van der Waals surface area contributed by atoms with Crippen molar-refractivity contribution in [3.05, 3.63) is 90.0 Å². The SMILES string of the molecule is COc1ccc(C2=C(c3ccc(OC)cc3)CC3C(=O)N(c4ccccc4)C(=O)C3C2)cc1. The molecule has 166 valence electrons. The molecule has 1 heterocycles. The Hall–Kier alpha value is -3.86. The molecule has 0 spiro atoms. The maximum Gasteiger partial charge on any atom is 0.238 e. The fraction of sp³-hybridized carbons (Fsp3) is 0.214. The van der Waals surface area contributed by atoms with Gasteiger partial charge in [-0.3, -0.25) is 14.5 Å². The van der Waals surface area contributed by atoms with Gasteiger partial charge in [0.15, 0.2) is 0 Å². The van der Waals surface area contributed by atoms with Crippen molar-refractivity contribution in [1.29, 1.82) is 0 Å². The fourth-order valence-electron chi connectivity index (χ4n) is 4.93. The molecule has 5 heteroatoms. The number of carbonyl (C=O) groups is 2. The molecule has 0 bridgehead atoms. The van der Waals surface area contributed by atoms with E-state index in [0.717, 1.165) is 33.8 Å². The summed E-state index contributed by atoms with van der Waals surface area (Å²) in [5.74, 6) is 0.600. The maximum atomic E-state index is 13.4. The zero-order valence-corrected chi connectivity index (χ0v) is 18.7. The van der Waals surface area contributed by atoms with Gasteiger partial charge in [-0.25, -0.2) is 0 Å². The van der Waals surface area contributed by atoms with E-state index in [2.05, 4.69) is 0 Å². The van der Waals surface area contributed by atoms with Gasteiger partial charge < -0.3 is 9.47 Å². The van der Waals surface area contributed by atoms with Crippen LogP contribution in [0.5, 0.6) is 11.5 Å². The van der Waals surface area contributed by atoms with E-state index >= 15 is 0 Å². The number of rotatable bonds is 5. The molecule has 0 saturated carbocycles. The number of amides is 2. The summed E-state index contributed by atoms with van der Waals surface area (Å²) in [5, 5.41) is 0. The van der Waals surface area contributed by atoms with Crippen molar-refractivity contribution in [2.45, 2.75) is 12.8 Å². The summed E-state index contributed by atoms with van der Waals surface area (Å²) in [5.41, 5.74) is 4.91. The van der Waals surface area contributed by atoms with Crippen molar-refractivity contribution in [3.63, 3.8) is 0 Å². The Balaban J connectivity index is 1.58. The highest BCUT2D eigenvalue weighted by atomic mass is 16.5. The van der Waals surface area contributed by atoms with Crippen LogP contribution in [0.4, 0.5) is 5.69 Å². The second kappa shape index (κ2) is 8.58. The van der Waals surface area contributed by atoms with Crippen LogP contribution in [0.25, 0.3) is 11.1 Å². The number of para-hydroxylation sites is 1. The quantitative estimate of drug-likeness (QED) is 0.512. The van der Waals surface area contributed by atoms with Crippen molar-refractivity contribution in [2.24, 2.45) is 11.8 Å². The molecule has 1 aliphatic heterocycles. The number of ether oxygens (including phenoxy) is 2. The van der Waals surface area contributed by atoms with Crippen molar-refractivity contribution in [1.82, 2.24) is 0 Å². The van der Waals surface area contributed by atoms with Crippen molar-refractivity contribution < 1.29 is 19.1 Å². The molecular formula is C28H25NO4. The number of hydrogen-bond donors (Lipinski definition) is 0. The number of carbonyl (C=O) groups excluding carboxylic acids is 2. The summed E-state index contributed by atoms with van der Waals surface area (Å²) in [4.78, 5) is 28.2. The third-order valence-electron chi connectivity index (χ3n) is 6.66. The van der Waals surface area contributed by atoms with E-state index in [9.17, 15) is 9.59 Å². The zero-order valence-electron chi connectivity index (χ0n) is 18.7. The van der Waals surface area contributed by atoms with E-state index < -0.39 is 0 Å². The van der Waals surface area contributed by atoms with Gasteiger partial charge in [0.2, 0.25) is 11.8 Å². The summed E-state index contributed by atoms with van der Waals surface area (Å²) in [6, 6.07) is 25.0. The van der Waals surface area contributed by atoms with Crippen LogP contribution in [0.2, 0.25) is 0 Å². The summed E-state index contributed by atoms with van der Waals surface area (Å²) >= 11 is 0. The average Bonchev–Trinajstić information content (AvgIpc) is 3.13. The highest BCUT2D eigenvalue weighted by Crippen LogP contribution is 2.48. The van der Waals surface area contributed by atoms with Crippen molar-refractivity contribution in [3.8, 4) is 11.5 Å². The van der Waals surface area contributed by atoms with Crippen LogP contribution in [-0.4, -0.2) is 26.0 Å². The molecule has 2 unspecified atom stereocenters. The third-order valence-corrected chi connectivity index (χ3v) is 6.66. The van der Waals surface area contributed by atoms with Crippen LogP contribution in [0.15, 0.2) is 78.9 Å². The minimum absolute atomic E-state index is 0.115. The molecule has 5 rings (SSSR count). The molecule has 1 fully saturated rings. The number of allylic oxidation sites excluding steroid dienone is 2. The predicted molar refractivity (Wildman–Crippen MR) is 128 cm³/mol. The normalized spacial score (nSPS) is 20.1. The van der Waals surface area contributed by atoms with Gasteiger partial charge in [-0.15, -0.1) is 0 Å². The van der Waals surface area contributed by atoms with Gasteiger partial charge in [-0.1, -0.05) is 42.5 Å². The minimum Gasteiger partial charge on any atom is -0.497 e. The predicted octanol–water partition coefficient (Wildman–Crippen LogP) is 5.21. The number of benzene rings is 3. The van der Waals surface area contributed by atoms with E-state index in [4.69, 9.17) is 9.47 Å². The Bertz CT molecular complexity index is 1140. The first-order chi connectivity index (χ1) is 16.1. The Labute approximate surface area is 193 Å². The lowest BCUT2D eigenvalue weighted by molar-refractivity contribution is -0.122. The highest BCUT2D eigenvalue weighted by molar-refractivity contribution is 6.23. The van der Waals surface area contributed by atoms with Crippen LogP contribution >= 0.6 is 0 Å². The average molecular weight is 440 g/mol. The van der Waals surface area contributed by atoms with E-state index in [-0.39, 0.29) is 23.7 Å². The van der Waals surface area contributed by atoms with Gasteiger partial charge in [-0.05, 0) is 71.5 Å². The summed E-state index contributed by atoms with van der Waals surface area (Å²) in [6.07, 6.45) is 1.04. The number of fused-ring (bicyclic) bond motifs is 1. The lowest BCUT2D eigenvalue weighted by Crippen LogP contribution is -2.30. The molecule has 0 radical (unpaired) electrons. The second-order valence-corrected chi connectivity index (χ2v) is 8.38. The molecule has 5 nitrogen and oxygen atoms in total. The summed E-state index contributed by atoms with van der Waals surface area (Å²) in [6.45, 7) is 0. The summed E-state index contributed by atoms with van der Waals surface area (Å²) < 4.78 is 10.6. The van der Waals surface area contributed by atoms with Crippen LogP contribution in [-0.2, 0) is 9.59 Å². The zero-order chi connectivity index (χ0) is 22.9. The molecule has 0 N–H and O–H groups in total. The second-order valence-electron chi connectivity index (χ2n) is 8.38. The molecule has 1 aliphatic carbocycles. The van der Waals surface area contributed by atoms with Crippen LogP contribution < -0.4 is 14.4 Å². The Morgan fingerprint density at radius 3 is 1.45 bits per heavy atom. The Morgan fingerprint density at radius 2 is 1.06 bits per heavy atom. The fourth-order valence-corrected chi connectivity index (χ4v) is 4.93. The Morgan fingerprint density at radius 1 is 0.636 bits per heavy atom. The van der Waals surface area contributed by atoms with Gasteiger partial charge in [-0.2, -0.15) is 0 Å². The van der Waals surface area contributed by atoms with Crippen LogP contribution in [0, 0.1) is 11.8 Å². The third kappa shape index (κ3) is 3.69. The standard InChI is InChI=1S/C28H25NO4/c1-32-21-12-8-18(9-13-21)23-16-25-26(17-24(23)19-10-14-22(33-2)15-11-19)28(31)29(27(25)30)20-6-4-3-5-7-20/h3-15,25-26H,16-17H2,1-2H3. The topological polar surface area (TPSA) is 55.8 Å². The van der Waals surface area contributed by atoms with E-state index in [1.807, 2.05) is 78.9 Å². The maximum absolute atomic E-state index is 13.4. The number of methoxy groups -OCH3 is 2. The van der Waals surface area contributed by atoms with Crippen LogP contribution in [0.1, 0.15) is 24.0 Å². The summed E-state index contributed by atoms with van der Waals surface area (Å²) in [7, 11) is 3.28. The highest BCUT2D eigenvalue weighted by Gasteiger charge is 2.50. The molecule has 3 aromatic carbocycles. The first-order valence-corrected chi connectivity index (χ1v) is 11.0. The molecule has 3 aromatic rings. The number of nitrogens with zero attached hydrogens (tertiary/aromatic N) is 1. The lowest BCUT2D eigenvalue weighted by atomic mass is 9.73. The van der Waals surface area contributed by atoms with Gasteiger partial charge in [0.05, 0.1) is 31.7 Å². The van der Waals surface area contributed by atoms with Gasteiger partial charge >= 0.3 is 0 Å². The van der Waals surface area contributed by atoms with E-state index in [1.54, 1.807) is 14.2 Å². The van der Waals surface area contributed by atoms with Crippen molar-refractivity contribution >= 4 is 28.6 Å². The van der Waals surface area contributed by atoms with E-state index in [0.29, 0.717) is 18.5 Å². The molecule has 33 heavy (non-hydrogen) atoms. The molecular weight excluding hydrogens is 414 g/mol. The molecule has 2 amide bonds. The molecule has 2 atom stereocenters.